The van der Waals surface area contributed by atoms with Crippen LogP contribution in [0, 0.1) is 6.92 Å². The van der Waals surface area contributed by atoms with E-state index in [2.05, 4.69) is 6.92 Å². The summed E-state index contributed by atoms with van der Waals surface area (Å²) in [7, 11) is 0. The summed E-state index contributed by atoms with van der Waals surface area (Å²) in [5, 5.41) is 0. The van der Waals surface area contributed by atoms with Gasteiger partial charge < -0.3 is 0 Å². The molecule has 45 valence electrons. The Morgan fingerprint density at radius 2 is 2.25 bits per heavy atom. The number of hydrogen-bond donors (Lipinski definition) is 0. The first-order valence-electron chi connectivity index (χ1n) is 2.58. The fourth-order valence-electron chi connectivity index (χ4n) is 0.358. The van der Waals surface area contributed by atoms with Crippen LogP contribution in [0.1, 0.15) is 19.3 Å². The summed E-state index contributed by atoms with van der Waals surface area (Å²) >= 11 is 0. The van der Waals surface area contributed by atoms with E-state index in [1.54, 1.807) is 0 Å². The number of aldehydes is 1. The highest BCUT2D eigenvalue weighted by Crippen LogP contribution is 1.91. The van der Waals surface area contributed by atoms with Crippen molar-refractivity contribution in [3.63, 3.8) is 0 Å². The highest BCUT2D eigenvalue weighted by atomic mass is 16.2. The number of unbranched alkanes of at least 4 members (excludes halogenated alkanes) is 1. The Morgan fingerprint density at radius 3 is 2.62 bits per heavy atom. The molecule has 2 nitrogen and oxygen atoms in total. The lowest BCUT2D eigenvalue weighted by Crippen LogP contribution is -1.96. The molecule has 0 spiro atoms. The van der Waals surface area contributed by atoms with Crippen molar-refractivity contribution < 1.29 is 9.59 Å². The van der Waals surface area contributed by atoms with Gasteiger partial charge in [0.1, 0.15) is 0 Å². The van der Waals surface area contributed by atoms with Gasteiger partial charge >= 0.3 is 0 Å². The van der Waals surface area contributed by atoms with Gasteiger partial charge in [-0.3, -0.25) is 9.59 Å². The van der Waals surface area contributed by atoms with Crippen LogP contribution in [0.25, 0.3) is 0 Å². The molecule has 0 fully saturated rings. The first kappa shape index (κ1) is 7.34. The molecular weight excluding hydrogens is 104 g/mol. The predicted octanol–water partition coefficient (Wildman–Crippen LogP) is 0.759. The van der Waals surface area contributed by atoms with Gasteiger partial charge in [-0.1, -0.05) is 13.3 Å². The number of ketones is 1. The zero-order valence-electron chi connectivity index (χ0n) is 4.72. The zero-order valence-corrected chi connectivity index (χ0v) is 4.72. The van der Waals surface area contributed by atoms with Crippen LogP contribution in [0.4, 0.5) is 0 Å². The Labute approximate surface area is 48.9 Å². The van der Waals surface area contributed by atoms with E-state index < -0.39 is 0 Å². The highest BCUT2D eigenvalue weighted by Gasteiger charge is 1.94. The molecule has 0 saturated carbocycles. The van der Waals surface area contributed by atoms with Crippen molar-refractivity contribution in [1.82, 2.24) is 0 Å². The predicted molar refractivity (Wildman–Crippen MR) is 30.3 cm³/mol. The van der Waals surface area contributed by atoms with Gasteiger partial charge in [0, 0.05) is 6.42 Å². The molecule has 0 rings (SSSR count). The summed E-state index contributed by atoms with van der Waals surface area (Å²) in [6.07, 6.45) is 2.15. The number of rotatable bonds is 4. The molecule has 0 aromatic rings. The van der Waals surface area contributed by atoms with Gasteiger partial charge in [-0.15, -0.1) is 0 Å². The monoisotopic (exact) mass is 113 g/mol. The van der Waals surface area contributed by atoms with Crippen molar-refractivity contribution in [2.45, 2.75) is 19.3 Å². The SMILES string of the molecule is [CH2]CCCC(=O)C=O. The molecule has 1 radical (unpaired) electrons. The molecule has 0 aromatic carbocycles. The zero-order chi connectivity index (χ0) is 6.41. The van der Waals surface area contributed by atoms with E-state index in [9.17, 15) is 9.59 Å². The van der Waals surface area contributed by atoms with Gasteiger partial charge in [0.15, 0.2) is 12.1 Å². The first-order valence-corrected chi connectivity index (χ1v) is 2.58. The third-order valence-corrected chi connectivity index (χ3v) is 0.805. The maximum atomic E-state index is 10.2. The summed E-state index contributed by atoms with van der Waals surface area (Å²) in [5.41, 5.74) is 0. The third-order valence-electron chi connectivity index (χ3n) is 0.805. The van der Waals surface area contributed by atoms with E-state index in [-0.39, 0.29) is 5.78 Å². The van der Waals surface area contributed by atoms with E-state index in [0.29, 0.717) is 12.7 Å². The van der Waals surface area contributed by atoms with Crippen LogP contribution in [-0.4, -0.2) is 12.1 Å². The average Bonchev–Trinajstić information content (AvgIpc) is 1.83. The molecule has 8 heavy (non-hydrogen) atoms. The molecule has 0 aliphatic rings. The standard InChI is InChI=1S/C6H9O2/c1-2-3-4-6(8)5-7/h5H,1-4H2. The Morgan fingerprint density at radius 1 is 1.62 bits per heavy atom. The average molecular weight is 113 g/mol. The van der Waals surface area contributed by atoms with Crippen molar-refractivity contribution in [2.24, 2.45) is 0 Å². The van der Waals surface area contributed by atoms with Crippen LogP contribution < -0.4 is 0 Å². The van der Waals surface area contributed by atoms with Gasteiger partial charge in [0.25, 0.3) is 0 Å². The van der Waals surface area contributed by atoms with E-state index >= 15 is 0 Å². The van der Waals surface area contributed by atoms with E-state index in [1.165, 1.54) is 0 Å². The minimum atomic E-state index is -0.325. The van der Waals surface area contributed by atoms with Crippen molar-refractivity contribution in [3.05, 3.63) is 6.92 Å². The molecule has 0 N–H and O–H groups in total. The molecule has 0 saturated heterocycles. The minimum Gasteiger partial charge on any atom is -0.295 e. The number of carbonyl (C=O) groups excluding carboxylic acids is 2. The van der Waals surface area contributed by atoms with E-state index in [0.717, 1.165) is 12.8 Å². The van der Waals surface area contributed by atoms with Gasteiger partial charge in [0.05, 0.1) is 0 Å². The maximum absolute atomic E-state index is 10.2. The normalized spacial score (nSPS) is 8.62. The van der Waals surface area contributed by atoms with Crippen molar-refractivity contribution in [1.29, 1.82) is 0 Å². The van der Waals surface area contributed by atoms with Crippen LogP contribution in [0.3, 0.4) is 0 Å². The van der Waals surface area contributed by atoms with Crippen LogP contribution in [0.15, 0.2) is 0 Å². The lowest BCUT2D eigenvalue weighted by atomic mass is 10.2. The summed E-state index contributed by atoms with van der Waals surface area (Å²) in [6.45, 7) is 3.52. The molecule has 0 amide bonds. The van der Waals surface area contributed by atoms with Crippen LogP contribution >= 0.6 is 0 Å². The molecule has 0 atom stereocenters. The van der Waals surface area contributed by atoms with Crippen LogP contribution in [-0.2, 0) is 9.59 Å². The number of carbonyl (C=O) groups is 2. The molecule has 0 aliphatic carbocycles. The first-order chi connectivity index (χ1) is 3.81. The smallest absolute Gasteiger partial charge is 0.195 e. The summed E-state index contributed by atoms with van der Waals surface area (Å²) in [4.78, 5) is 19.8. The molecular formula is C6H9O2. The van der Waals surface area contributed by atoms with Crippen molar-refractivity contribution in [2.75, 3.05) is 0 Å². The minimum absolute atomic E-state index is 0.325. The molecule has 2 heteroatoms. The fraction of sp³-hybridized carbons (Fsp3) is 0.500. The summed E-state index contributed by atoms with van der Waals surface area (Å²) < 4.78 is 0. The van der Waals surface area contributed by atoms with Crippen LogP contribution in [0.5, 0.6) is 0 Å². The lowest BCUT2D eigenvalue weighted by Gasteiger charge is -1.85. The molecule has 0 bridgehead atoms. The van der Waals surface area contributed by atoms with Crippen molar-refractivity contribution in [3.8, 4) is 0 Å². The Hall–Kier alpha value is -0.660. The topological polar surface area (TPSA) is 34.1 Å². The van der Waals surface area contributed by atoms with E-state index in [1.807, 2.05) is 0 Å². The molecule has 0 aromatic heterocycles. The number of hydrogen-bond acceptors (Lipinski definition) is 2. The summed E-state index contributed by atoms with van der Waals surface area (Å²) in [6, 6.07) is 0. The Bertz CT molecular complexity index is 86.5. The van der Waals surface area contributed by atoms with Crippen molar-refractivity contribution >= 4 is 12.1 Å². The fourth-order valence-corrected chi connectivity index (χ4v) is 0.358. The maximum Gasteiger partial charge on any atom is 0.195 e. The highest BCUT2D eigenvalue weighted by molar-refractivity contribution is 6.24. The molecule has 0 unspecified atom stereocenters. The quantitative estimate of drug-likeness (QED) is 0.398. The molecule has 0 heterocycles. The van der Waals surface area contributed by atoms with E-state index in [4.69, 9.17) is 0 Å². The van der Waals surface area contributed by atoms with Gasteiger partial charge in [-0.25, -0.2) is 0 Å². The second kappa shape index (κ2) is 4.50. The second-order valence-electron chi connectivity index (χ2n) is 1.54. The van der Waals surface area contributed by atoms with Gasteiger partial charge in [-0.05, 0) is 6.42 Å². The Kier molecular flexibility index (Phi) is 4.13. The molecule has 0 aliphatic heterocycles. The second-order valence-corrected chi connectivity index (χ2v) is 1.54. The van der Waals surface area contributed by atoms with Crippen LogP contribution in [0.2, 0.25) is 0 Å². The van der Waals surface area contributed by atoms with Gasteiger partial charge in [-0.2, -0.15) is 0 Å². The Balaban J connectivity index is 3.11. The third kappa shape index (κ3) is 3.53. The van der Waals surface area contributed by atoms with Gasteiger partial charge in [0.2, 0.25) is 0 Å². The lowest BCUT2D eigenvalue weighted by molar-refractivity contribution is -0.129. The number of Topliss-reactive ketones (excluding diaryl/α,β-unsaturated/α-hetero) is 1. The largest absolute Gasteiger partial charge is 0.295 e. The summed E-state index contributed by atoms with van der Waals surface area (Å²) in [5.74, 6) is -0.325.